The molecule has 3 aliphatic rings. The number of nitrogen functional groups attached to an aromatic ring is 1. The first-order valence-electron chi connectivity index (χ1n) is 20.5. The van der Waals surface area contributed by atoms with E-state index in [1.807, 2.05) is 61.7 Å². The van der Waals surface area contributed by atoms with E-state index in [1.54, 1.807) is 18.7 Å². The highest BCUT2D eigenvalue weighted by molar-refractivity contribution is 6.28. The van der Waals surface area contributed by atoms with E-state index in [9.17, 15) is 0 Å². The normalized spacial score (nSPS) is 16.5. The van der Waals surface area contributed by atoms with Crippen LogP contribution in [0.2, 0.25) is 5.28 Å². The van der Waals surface area contributed by atoms with Crippen LogP contribution in [0.1, 0.15) is 55.3 Å². The summed E-state index contributed by atoms with van der Waals surface area (Å²) in [5, 5.41) is 10.1. The van der Waals surface area contributed by atoms with Crippen molar-refractivity contribution in [3.63, 3.8) is 0 Å². The Morgan fingerprint density at radius 3 is 1.95 bits per heavy atom. The largest absolute Gasteiger partial charge is 0.492 e. The van der Waals surface area contributed by atoms with Gasteiger partial charge in [-0.1, -0.05) is 12.1 Å². The number of aryl methyl sites for hydroxylation is 1. The number of nitrogens with two attached hydrogens (primary N) is 1. The first kappa shape index (κ1) is 43.2. The summed E-state index contributed by atoms with van der Waals surface area (Å²) in [6.45, 7) is 13.7. The van der Waals surface area contributed by atoms with Crippen molar-refractivity contribution in [3.8, 4) is 11.5 Å². The molecule has 3 aliphatic heterocycles. The molecule has 314 valence electrons. The Morgan fingerprint density at radius 2 is 1.37 bits per heavy atom. The Labute approximate surface area is 353 Å². The summed E-state index contributed by atoms with van der Waals surface area (Å²) in [5.74, 6) is 5.28. The lowest BCUT2D eigenvalue weighted by molar-refractivity contribution is 0.237. The Morgan fingerprint density at radius 1 is 0.797 bits per heavy atom. The quantitative estimate of drug-likeness (QED) is 0.0570. The number of rotatable bonds is 16. The van der Waals surface area contributed by atoms with E-state index in [-0.39, 0.29) is 11.4 Å². The zero-order valence-electron chi connectivity index (χ0n) is 34.2. The van der Waals surface area contributed by atoms with Gasteiger partial charge >= 0.3 is 0 Å². The molecule has 13 nitrogen and oxygen atoms in total. The maximum Gasteiger partial charge on any atom is 0.224 e. The molecule has 2 saturated heterocycles. The number of anilines is 2. The molecule has 0 radical (unpaired) electrons. The molecule has 2 aromatic carbocycles. The predicted octanol–water partition coefficient (Wildman–Crippen LogP) is 7.71. The molecule has 0 amide bonds. The van der Waals surface area contributed by atoms with E-state index >= 15 is 0 Å². The molecule has 1 unspecified atom stereocenters. The van der Waals surface area contributed by atoms with Crippen LogP contribution in [0.3, 0.4) is 0 Å². The number of hydrogen-bond acceptors (Lipinski definition) is 13. The van der Waals surface area contributed by atoms with Gasteiger partial charge in [-0.3, -0.25) is 15.1 Å². The molecule has 59 heavy (non-hydrogen) atoms. The van der Waals surface area contributed by atoms with Crippen molar-refractivity contribution in [2.24, 2.45) is 4.99 Å². The molecule has 5 N–H and O–H groups in total. The molecular weight excluding hydrogens is 766 g/mol. The zero-order valence-corrected chi connectivity index (χ0v) is 35.0. The zero-order chi connectivity index (χ0) is 41.1. The van der Waals surface area contributed by atoms with Crippen LogP contribution < -0.4 is 31.2 Å². The summed E-state index contributed by atoms with van der Waals surface area (Å²) >= 11 is 5.69. The molecule has 5 aromatic rings. The van der Waals surface area contributed by atoms with Crippen molar-refractivity contribution < 1.29 is 18.3 Å². The number of nitrogens with zero attached hydrogens (tertiary/aromatic N) is 5. The molecule has 0 aliphatic carbocycles. The van der Waals surface area contributed by atoms with Crippen LogP contribution in [0.15, 0.2) is 117 Å². The number of hydrogen-bond donors (Lipinski definition) is 4. The van der Waals surface area contributed by atoms with Gasteiger partial charge in [0.15, 0.2) is 0 Å². The number of benzene rings is 2. The van der Waals surface area contributed by atoms with E-state index in [4.69, 9.17) is 40.6 Å². The van der Waals surface area contributed by atoms with E-state index in [2.05, 4.69) is 66.9 Å². The molecule has 3 aromatic heterocycles. The van der Waals surface area contributed by atoms with Crippen LogP contribution in [-0.4, -0.2) is 84.3 Å². The molecule has 0 spiro atoms. The standard InChI is InChI=1S/C23H30N4O2.C12H18N2O.C10H10ClN3O/c1-18-16-24-22(26-23(18)25-17-21-5-4-13-28-21)15-19-6-8-20(9-7-19)29-14-12-27-10-2-3-11-27;13-11-3-5-12(6-4-11)15-10-9-14-7-1-2-8-14;1-7-5-13-10(11)14-9(7)12-6-8-3-2-4-15-8/h4-9,13,16,23,25H,2-3,10-12,14-15,17H2,1H3,(H,24,26);3-6H,1-2,7-10,13H2;2-5H,6H2,1H3,(H,12,13,14). The van der Waals surface area contributed by atoms with Crippen molar-refractivity contribution in [1.29, 1.82) is 0 Å². The summed E-state index contributed by atoms with van der Waals surface area (Å²) in [7, 11) is 0. The van der Waals surface area contributed by atoms with Gasteiger partial charge in [0, 0.05) is 43.2 Å². The van der Waals surface area contributed by atoms with Crippen molar-refractivity contribution in [2.75, 3.05) is 63.5 Å². The third kappa shape index (κ3) is 15.1. The number of amidine groups is 1. The minimum absolute atomic E-state index is 0.0375. The highest BCUT2D eigenvalue weighted by atomic mass is 35.5. The number of furan rings is 2. The van der Waals surface area contributed by atoms with Crippen LogP contribution >= 0.6 is 11.6 Å². The van der Waals surface area contributed by atoms with Gasteiger partial charge in [0.2, 0.25) is 5.28 Å². The Hall–Kier alpha value is -5.34. The van der Waals surface area contributed by atoms with Gasteiger partial charge < -0.3 is 34.7 Å². The van der Waals surface area contributed by atoms with E-state index in [0.29, 0.717) is 13.1 Å². The Bertz CT molecular complexity index is 1990. The fourth-order valence-electron chi connectivity index (χ4n) is 6.73. The van der Waals surface area contributed by atoms with Gasteiger partial charge in [-0.2, -0.15) is 0 Å². The lowest BCUT2D eigenvalue weighted by Crippen LogP contribution is -2.36. The maximum atomic E-state index is 5.90. The molecule has 2 fully saturated rings. The first-order valence-corrected chi connectivity index (χ1v) is 20.9. The summed E-state index contributed by atoms with van der Waals surface area (Å²) in [6.07, 6.45) is 13.1. The molecule has 8 rings (SSSR count). The molecule has 14 heteroatoms. The van der Waals surface area contributed by atoms with Gasteiger partial charge in [-0.15, -0.1) is 0 Å². The Balaban J connectivity index is 0.000000164. The van der Waals surface area contributed by atoms with Gasteiger partial charge in [0.05, 0.1) is 25.6 Å². The van der Waals surface area contributed by atoms with Gasteiger partial charge in [0.1, 0.15) is 54.1 Å². The molecule has 6 heterocycles. The summed E-state index contributed by atoms with van der Waals surface area (Å²) in [5.41, 5.74) is 9.68. The SMILES string of the molecule is CC1=CNC(Cc2ccc(OCCN3CCCC3)cc2)=NC1NCc1ccco1.Cc1cnc(Cl)nc1NCc1ccco1.Nc1ccc(OCCN2CCCC2)cc1. The van der Waals surface area contributed by atoms with Crippen LogP contribution in [0, 0.1) is 6.92 Å². The van der Waals surface area contributed by atoms with E-state index < -0.39 is 0 Å². The average molecular weight is 824 g/mol. The van der Waals surface area contributed by atoms with Gasteiger partial charge in [0.25, 0.3) is 0 Å². The van der Waals surface area contributed by atoms with E-state index in [0.717, 1.165) is 84.2 Å². The monoisotopic (exact) mass is 823 g/mol. The summed E-state index contributed by atoms with van der Waals surface area (Å²) in [6, 6.07) is 23.5. The second-order valence-corrected chi connectivity index (χ2v) is 15.1. The second kappa shape index (κ2) is 23.3. The maximum absolute atomic E-state index is 5.90. The number of aliphatic imine (C=N–C) groups is 1. The smallest absolute Gasteiger partial charge is 0.224 e. The third-order valence-corrected chi connectivity index (χ3v) is 10.3. The number of ether oxygens (including phenoxy) is 2. The van der Waals surface area contributed by atoms with Crippen molar-refractivity contribution in [3.05, 3.63) is 131 Å². The number of aromatic nitrogens is 2. The van der Waals surface area contributed by atoms with E-state index in [1.165, 1.54) is 57.4 Å². The lowest BCUT2D eigenvalue weighted by atomic mass is 10.1. The third-order valence-electron chi connectivity index (χ3n) is 10.1. The number of nitrogens with one attached hydrogen (secondary N) is 3. The molecule has 0 saturated carbocycles. The van der Waals surface area contributed by atoms with Crippen LogP contribution in [0.25, 0.3) is 0 Å². The molecular formula is C45H58ClN9O4. The highest BCUT2D eigenvalue weighted by Crippen LogP contribution is 2.17. The fraction of sp³-hybridized carbons (Fsp3) is 0.400. The van der Waals surface area contributed by atoms with Crippen LogP contribution in [-0.2, 0) is 19.5 Å². The number of halogens is 1. The van der Waals surface area contributed by atoms with Gasteiger partial charge in [-0.25, -0.2) is 15.0 Å². The minimum atomic E-state index is -0.0375. The average Bonchev–Trinajstić information content (AvgIpc) is 4.11. The molecule has 0 bridgehead atoms. The summed E-state index contributed by atoms with van der Waals surface area (Å²) < 4.78 is 22.1. The number of likely N-dealkylation sites (tertiary alicyclic amines) is 2. The van der Waals surface area contributed by atoms with Crippen LogP contribution in [0.5, 0.6) is 11.5 Å². The second-order valence-electron chi connectivity index (χ2n) is 14.8. The van der Waals surface area contributed by atoms with Crippen molar-refractivity contribution in [1.82, 2.24) is 30.4 Å². The molecule has 1 atom stereocenters. The lowest BCUT2D eigenvalue weighted by Gasteiger charge is -2.22. The summed E-state index contributed by atoms with van der Waals surface area (Å²) in [4.78, 5) is 17.7. The van der Waals surface area contributed by atoms with Crippen molar-refractivity contribution in [2.45, 2.75) is 65.2 Å². The minimum Gasteiger partial charge on any atom is -0.492 e. The predicted molar refractivity (Wildman–Crippen MR) is 235 cm³/mol. The van der Waals surface area contributed by atoms with Crippen LogP contribution in [0.4, 0.5) is 11.5 Å². The first-order chi connectivity index (χ1) is 28.9. The fourth-order valence-corrected chi connectivity index (χ4v) is 6.86. The van der Waals surface area contributed by atoms with Gasteiger partial charge in [-0.05, 0) is 149 Å². The highest BCUT2D eigenvalue weighted by Gasteiger charge is 2.16. The Kier molecular flexibility index (Phi) is 17.1. The topological polar surface area (TPSA) is 151 Å². The van der Waals surface area contributed by atoms with Crippen molar-refractivity contribution >= 4 is 28.9 Å².